The molecule has 4 nitrogen and oxygen atoms in total. The summed E-state index contributed by atoms with van der Waals surface area (Å²) in [5, 5.41) is 8.54. The van der Waals surface area contributed by atoms with Crippen molar-refractivity contribution >= 4 is 5.82 Å². The third kappa shape index (κ3) is 2.84. The number of aliphatic hydroxyl groups excluding tert-OH is 1. The molecule has 0 saturated carbocycles. The molecule has 0 bridgehead atoms. The van der Waals surface area contributed by atoms with E-state index < -0.39 is 0 Å². The molecule has 4 heteroatoms. The third-order valence-corrected chi connectivity index (χ3v) is 1.59. The zero-order valence-electron chi connectivity index (χ0n) is 6.90. The molecule has 0 spiro atoms. The summed E-state index contributed by atoms with van der Waals surface area (Å²) >= 11 is 0. The molecule has 66 valence electrons. The van der Waals surface area contributed by atoms with E-state index in [0.29, 0.717) is 5.82 Å². The highest BCUT2D eigenvalue weighted by Gasteiger charge is 1.95. The highest BCUT2D eigenvalue weighted by atomic mass is 16.2. The predicted molar refractivity (Wildman–Crippen MR) is 46.5 cm³/mol. The molecule has 0 unspecified atom stereocenters. The van der Waals surface area contributed by atoms with Crippen LogP contribution in [-0.2, 0) is 6.42 Å². The summed E-state index contributed by atoms with van der Waals surface area (Å²) in [7, 11) is 0. The van der Waals surface area contributed by atoms with Crippen molar-refractivity contribution in [3.05, 3.63) is 18.1 Å². The average molecular weight is 167 g/mol. The van der Waals surface area contributed by atoms with Crippen LogP contribution in [0.25, 0.3) is 0 Å². The van der Waals surface area contributed by atoms with Crippen molar-refractivity contribution in [1.82, 2.24) is 9.97 Å². The summed E-state index contributed by atoms with van der Waals surface area (Å²) < 4.78 is 0. The molecule has 0 aromatic carbocycles. The van der Waals surface area contributed by atoms with E-state index in [-0.39, 0.29) is 6.61 Å². The highest BCUT2D eigenvalue weighted by Crippen LogP contribution is 2.03. The van der Waals surface area contributed by atoms with Crippen molar-refractivity contribution in [3.63, 3.8) is 0 Å². The molecule has 1 aromatic rings. The number of nitrogen functional groups attached to an aromatic ring is 1. The van der Waals surface area contributed by atoms with E-state index in [4.69, 9.17) is 10.8 Å². The van der Waals surface area contributed by atoms with E-state index in [1.807, 2.05) is 0 Å². The van der Waals surface area contributed by atoms with Crippen molar-refractivity contribution in [3.8, 4) is 0 Å². The van der Waals surface area contributed by atoms with Gasteiger partial charge in [0, 0.05) is 18.4 Å². The molecule has 0 amide bonds. The second kappa shape index (κ2) is 4.66. The van der Waals surface area contributed by atoms with Crippen LogP contribution in [0.1, 0.15) is 18.5 Å². The lowest BCUT2D eigenvalue weighted by atomic mass is 10.2. The number of nitrogens with zero attached hydrogens (tertiary/aromatic N) is 2. The minimum Gasteiger partial charge on any atom is -0.396 e. The second-order valence-corrected chi connectivity index (χ2v) is 2.61. The van der Waals surface area contributed by atoms with Crippen LogP contribution in [0, 0.1) is 0 Å². The standard InChI is InChI=1S/C8H13N3O/c9-8-5-7(10-6-11-8)3-1-2-4-12/h5-6,12H,1-4H2,(H2,9,10,11). The summed E-state index contributed by atoms with van der Waals surface area (Å²) in [5.41, 5.74) is 6.40. The van der Waals surface area contributed by atoms with Gasteiger partial charge in [-0.1, -0.05) is 0 Å². The van der Waals surface area contributed by atoms with E-state index in [1.54, 1.807) is 6.07 Å². The number of nitrogens with two attached hydrogens (primary N) is 1. The number of aliphatic hydroxyl groups is 1. The maximum atomic E-state index is 8.54. The maximum Gasteiger partial charge on any atom is 0.126 e. The topological polar surface area (TPSA) is 72.0 Å². The molecule has 0 fully saturated rings. The number of rotatable bonds is 4. The SMILES string of the molecule is Nc1cc(CCCCO)ncn1. The van der Waals surface area contributed by atoms with E-state index >= 15 is 0 Å². The Morgan fingerprint density at radius 2 is 2.17 bits per heavy atom. The van der Waals surface area contributed by atoms with Gasteiger partial charge in [-0.25, -0.2) is 9.97 Å². The summed E-state index contributed by atoms with van der Waals surface area (Å²) in [5.74, 6) is 0.504. The van der Waals surface area contributed by atoms with Crippen molar-refractivity contribution in [2.45, 2.75) is 19.3 Å². The van der Waals surface area contributed by atoms with E-state index in [2.05, 4.69) is 9.97 Å². The number of hydrogen-bond acceptors (Lipinski definition) is 4. The Kier molecular flexibility index (Phi) is 3.47. The van der Waals surface area contributed by atoms with Crippen LogP contribution in [-0.4, -0.2) is 21.7 Å². The molecule has 12 heavy (non-hydrogen) atoms. The van der Waals surface area contributed by atoms with Gasteiger partial charge in [-0.3, -0.25) is 0 Å². The van der Waals surface area contributed by atoms with Gasteiger partial charge in [0.25, 0.3) is 0 Å². The molecule has 1 rings (SSSR count). The molecule has 0 atom stereocenters. The van der Waals surface area contributed by atoms with Crippen molar-refractivity contribution < 1.29 is 5.11 Å². The van der Waals surface area contributed by atoms with Gasteiger partial charge in [0.1, 0.15) is 12.1 Å². The Morgan fingerprint density at radius 3 is 2.83 bits per heavy atom. The third-order valence-electron chi connectivity index (χ3n) is 1.59. The van der Waals surface area contributed by atoms with Gasteiger partial charge in [0.15, 0.2) is 0 Å². The smallest absolute Gasteiger partial charge is 0.126 e. The molecular weight excluding hydrogens is 154 g/mol. The molecule has 0 radical (unpaired) electrons. The average Bonchev–Trinajstić information content (AvgIpc) is 2.05. The first-order valence-electron chi connectivity index (χ1n) is 4.00. The minimum absolute atomic E-state index is 0.237. The van der Waals surface area contributed by atoms with Crippen LogP contribution >= 0.6 is 0 Å². The first-order chi connectivity index (χ1) is 5.83. The Bertz CT molecular complexity index is 239. The number of aryl methyl sites for hydroxylation is 1. The Morgan fingerprint density at radius 1 is 1.33 bits per heavy atom. The van der Waals surface area contributed by atoms with Gasteiger partial charge in [-0.15, -0.1) is 0 Å². The maximum absolute atomic E-state index is 8.54. The first kappa shape index (κ1) is 8.93. The number of hydrogen-bond donors (Lipinski definition) is 2. The van der Waals surface area contributed by atoms with Gasteiger partial charge < -0.3 is 10.8 Å². The lowest BCUT2D eigenvalue weighted by Crippen LogP contribution is -1.96. The summed E-state index contributed by atoms with van der Waals surface area (Å²) in [6, 6.07) is 1.76. The van der Waals surface area contributed by atoms with Crippen LogP contribution in [0.15, 0.2) is 12.4 Å². The highest BCUT2D eigenvalue weighted by molar-refractivity contribution is 5.27. The van der Waals surface area contributed by atoms with Crippen LogP contribution in [0.5, 0.6) is 0 Å². The van der Waals surface area contributed by atoms with Crippen molar-refractivity contribution in [2.75, 3.05) is 12.3 Å². The number of unbranched alkanes of at least 4 members (excludes halogenated alkanes) is 1. The predicted octanol–water partition coefficient (Wildman–Crippen LogP) is 0.374. The molecule has 0 aliphatic carbocycles. The molecule has 1 heterocycles. The molecule has 3 N–H and O–H groups in total. The largest absolute Gasteiger partial charge is 0.396 e. The molecule has 0 aliphatic heterocycles. The van der Waals surface area contributed by atoms with Gasteiger partial charge >= 0.3 is 0 Å². The van der Waals surface area contributed by atoms with Gasteiger partial charge in [0.05, 0.1) is 0 Å². The lowest BCUT2D eigenvalue weighted by Gasteiger charge is -1.98. The Hall–Kier alpha value is -1.16. The van der Waals surface area contributed by atoms with E-state index in [9.17, 15) is 0 Å². The van der Waals surface area contributed by atoms with Gasteiger partial charge in [-0.05, 0) is 19.3 Å². The Balaban J connectivity index is 2.41. The van der Waals surface area contributed by atoms with Crippen LogP contribution < -0.4 is 5.73 Å². The fourth-order valence-electron chi connectivity index (χ4n) is 0.970. The monoisotopic (exact) mass is 167 g/mol. The quantitative estimate of drug-likeness (QED) is 0.636. The zero-order valence-corrected chi connectivity index (χ0v) is 6.90. The molecule has 0 aliphatic rings. The van der Waals surface area contributed by atoms with Crippen molar-refractivity contribution in [1.29, 1.82) is 0 Å². The van der Waals surface area contributed by atoms with Crippen LogP contribution in [0.3, 0.4) is 0 Å². The van der Waals surface area contributed by atoms with Crippen molar-refractivity contribution in [2.24, 2.45) is 0 Å². The lowest BCUT2D eigenvalue weighted by molar-refractivity contribution is 0.284. The number of aromatic nitrogens is 2. The van der Waals surface area contributed by atoms with E-state index in [0.717, 1.165) is 25.0 Å². The first-order valence-corrected chi connectivity index (χ1v) is 4.00. The van der Waals surface area contributed by atoms with Crippen LogP contribution in [0.2, 0.25) is 0 Å². The second-order valence-electron chi connectivity index (χ2n) is 2.61. The molecular formula is C8H13N3O. The normalized spacial score (nSPS) is 10.1. The molecule has 1 aromatic heterocycles. The number of anilines is 1. The minimum atomic E-state index is 0.237. The summed E-state index contributed by atoms with van der Waals surface area (Å²) in [4.78, 5) is 7.82. The fourth-order valence-corrected chi connectivity index (χ4v) is 0.970. The van der Waals surface area contributed by atoms with E-state index in [1.165, 1.54) is 6.33 Å². The fraction of sp³-hybridized carbons (Fsp3) is 0.500. The Labute approximate surface area is 71.5 Å². The molecule has 0 saturated heterocycles. The van der Waals surface area contributed by atoms with Gasteiger partial charge in [-0.2, -0.15) is 0 Å². The zero-order chi connectivity index (χ0) is 8.81. The van der Waals surface area contributed by atoms with Crippen LogP contribution in [0.4, 0.5) is 5.82 Å². The summed E-state index contributed by atoms with van der Waals surface area (Å²) in [6.45, 7) is 0.237. The van der Waals surface area contributed by atoms with Gasteiger partial charge in [0.2, 0.25) is 0 Å². The summed E-state index contributed by atoms with van der Waals surface area (Å²) in [6.07, 6.45) is 4.06.